The van der Waals surface area contributed by atoms with Crippen molar-refractivity contribution in [2.24, 2.45) is 5.92 Å². The molecule has 1 aromatic heterocycles. The maximum atomic E-state index is 13.2. The van der Waals surface area contributed by atoms with Gasteiger partial charge in [-0.3, -0.25) is 9.89 Å². The summed E-state index contributed by atoms with van der Waals surface area (Å²) < 4.78 is 13.2. The van der Waals surface area contributed by atoms with Crippen molar-refractivity contribution in [3.63, 3.8) is 0 Å². The van der Waals surface area contributed by atoms with Crippen LogP contribution in [-0.4, -0.2) is 28.2 Å². The van der Waals surface area contributed by atoms with Crippen LogP contribution >= 0.6 is 0 Å². The zero-order chi connectivity index (χ0) is 19.1. The van der Waals surface area contributed by atoms with E-state index < -0.39 is 12.1 Å². The van der Waals surface area contributed by atoms with E-state index in [2.05, 4.69) is 15.5 Å². The van der Waals surface area contributed by atoms with Gasteiger partial charge in [0, 0.05) is 10.9 Å². The van der Waals surface area contributed by atoms with Crippen molar-refractivity contribution in [3.05, 3.63) is 48.3 Å². The molecule has 3 aromatic rings. The van der Waals surface area contributed by atoms with Crippen molar-refractivity contribution in [1.82, 2.24) is 15.5 Å². The second-order valence-corrected chi connectivity index (χ2v) is 7.11. The van der Waals surface area contributed by atoms with E-state index in [1.165, 1.54) is 17.0 Å². The van der Waals surface area contributed by atoms with Crippen LogP contribution in [0.3, 0.4) is 0 Å². The van der Waals surface area contributed by atoms with Crippen LogP contribution < -0.4 is 10.2 Å². The van der Waals surface area contributed by atoms with Crippen LogP contribution in [0.15, 0.2) is 42.5 Å². The normalized spacial score (nSPS) is 17.2. The third-order valence-corrected chi connectivity index (χ3v) is 4.65. The van der Waals surface area contributed by atoms with E-state index in [1.54, 1.807) is 30.3 Å². The minimum Gasteiger partial charge on any atom is -0.325 e. The fraction of sp³-hybridized carbons (Fsp3) is 0.250. The molecule has 27 heavy (non-hydrogen) atoms. The number of hydrogen-bond donors (Lipinski definition) is 2. The number of nitrogens with zero attached hydrogens (tertiary/aromatic N) is 2. The number of aromatic nitrogens is 2. The molecule has 0 bridgehead atoms. The number of urea groups is 1. The van der Waals surface area contributed by atoms with Crippen molar-refractivity contribution in [2.45, 2.75) is 26.3 Å². The van der Waals surface area contributed by atoms with Gasteiger partial charge in [0.2, 0.25) is 0 Å². The lowest BCUT2D eigenvalue weighted by atomic mass is 10.0. The molecular formula is C20H19FN4O2. The molecule has 0 aliphatic carbocycles. The van der Waals surface area contributed by atoms with Gasteiger partial charge in [0.15, 0.2) is 0 Å². The summed E-state index contributed by atoms with van der Waals surface area (Å²) in [4.78, 5) is 26.2. The summed E-state index contributed by atoms with van der Waals surface area (Å²) in [5.41, 5.74) is 2.64. The number of carbonyl (C=O) groups excluding carboxylic acids is 2. The number of benzene rings is 2. The number of rotatable bonds is 4. The number of halogens is 1. The van der Waals surface area contributed by atoms with Crippen LogP contribution in [0.2, 0.25) is 0 Å². The highest BCUT2D eigenvalue weighted by atomic mass is 19.1. The van der Waals surface area contributed by atoms with Crippen LogP contribution in [0.1, 0.15) is 20.3 Å². The fourth-order valence-corrected chi connectivity index (χ4v) is 3.38. The number of imide groups is 1. The summed E-state index contributed by atoms with van der Waals surface area (Å²) in [5.74, 6) is -0.282. The summed E-state index contributed by atoms with van der Waals surface area (Å²) in [7, 11) is 0. The Bertz CT molecular complexity index is 1030. The lowest BCUT2D eigenvalue weighted by Crippen LogP contribution is -2.31. The Labute approximate surface area is 155 Å². The Kier molecular flexibility index (Phi) is 4.14. The third kappa shape index (κ3) is 3.05. The molecule has 1 aliphatic heterocycles. The summed E-state index contributed by atoms with van der Waals surface area (Å²) in [6, 6.07) is 10.3. The molecular weight excluding hydrogens is 347 g/mol. The summed E-state index contributed by atoms with van der Waals surface area (Å²) in [6.07, 6.45) is 0.593. The second-order valence-electron chi connectivity index (χ2n) is 7.11. The Balaban J connectivity index is 1.73. The zero-order valence-corrected chi connectivity index (χ0v) is 15.0. The van der Waals surface area contributed by atoms with Crippen LogP contribution in [-0.2, 0) is 4.79 Å². The van der Waals surface area contributed by atoms with Gasteiger partial charge in [-0.2, -0.15) is 5.10 Å². The van der Waals surface area contributed by atoms with E-state index in [-0.39, 0.29) is 11.7 Å². The van der Waals surface area contributed by atoms with Gasteiger partial charge < -0.3 is 5.32 Å². The number of aromatic amines is 1. The largest absolute Gasteiger partial charge is 0.329 e. The predicted molar refractivity (Wildman–Crippen MR) is 101 cm³/mol. The van der Waals surface area contributed by atoms with Crippen molar-refractivity contribution < 1.29 is 14.0 Å². The minimum atomic E-state index is -0.505. The maximum absolute atomic E-state index is 13.2. The smallest absolute Gasteiger partial charge is 0.325 e. The molecule has 2 N–H and O–H groups in total. The average Bonchev–Trinajstić information content (AvgIpc) is 3.16. The van der Waals surface area contributed by atoms with E-state index in [4.69, 9.17) is 0 Å². The van der Waals surface area contributed by atoms with Gasteiger partial charge in [-0.1, -0.05) is 13.8 Å². The molecule has 1 fully saturated rings. The van der Waals surface area contributed by atoms with Crippen molar-refractivity contribution >= 4 is 28.5 Å². The monoisotopic (exact) mass is 366 g/mol. The number of anilines is 1. The van der Waals surface area contributed by atoms with Gasteiger partial charge in [-0.25, -0.2) is 14.1 Å². The molecule has 1 saturated heterocycles. The van der Waals surface area contributed by atoms with Gasteiger partial charge in [-0.15, -0.1) is 0 Å². The lowest BCUT2D eigenvalue weighted by Gasteiger charge is -2.14. The van der Waals surface area contributed by atoms with Gasteiger partial charge in [0.25, 0.3) is 5.91 Å². The summed E-state index contributed by atoms with van der Waals surface area (Å²) in [5, 5.41) is 10.7. The van der Waals surface area contributed by atoms with Gasteiger partial charge in [0.05, 0.1) is 16.9 Å². The van der Waals surface area contributed by atoms with Crippen LogP contribution in [0, 0.1) is 11.7 Å². The number of hydrogen-bond acceptors (Lipinski definition) is 3. The quantitative estimate of drug-likeness (QED) is 0.689. The van der Waals surface area contributed by atoms with E-state index >= 15 is 0 Å². The molecule has 7 heteroatoms. The molecule has 2 heterocycles. The van der Waals surface area contributed by atoms with E-state index in [0.29, 0.717) is 23.7 Å². The first-order valence-electron chi connectivity index (χ1n) is 8.82. The highest BCUT2D eigenvalue weighted by molar-refractivity contribution is 6.22. The predicted octanol–water partition coefficient (Wildman–Crippen LogP) is 3.84. The number of fused-ring (bicyclic) bond motifs is 1. The highest BCUT2D eigenvalue weighted by Crippen LogP contribution is 2.31. The number of carbonyl (C=O) groups is 2. The second kappa shape index (κ2) is 6.50. The first kappa shape index (κ1) is 17.2. The Morgan fingerprint density at radius 3 is 2.59 bits per heavy atom. The average molecular weight is 366 g/mol. The van der Waals surface area contributed by atoms with Crippen LogP contribution in [0.25, 0.3) is 22.2 Å². The first-order valence-corrected chi connectivity index (χ1v) is 8.82. The number of amides is 3. The van der Waals surface area contributed by atoms with Crippen LogP contribution in [0.4, 0.5) is 14.9 Å². The van der Waals surface area contributed by atoms with Gasteiger partial charge in [0.1, 0.15) is 11.9 Å². The highest BCUT2D eigenvalue weighted by Gasteiger charge is 2.39. The fourth-order valence-electron chi connectivity index (χ4n) is 3.38. The molecule has 2 aromatic carbocycles. The molecule has 138 valence electrons. The topological polar surface area (TPSA) is 78.1 Å². The molecule has 1 aliphatic rings. The van der Waals surface area contributed by atoms with Crippen molar-refractivity contribution in [2.75, 3.05) is 4.90 Å². The molecule has 1 atom stereocenters. The van der Waals surface area contributed by atoms with E-state index in [1.807, 2.05) is 13.8 Å². The minimum absolute atomic E-state index is 0.250. The van der Waals surface area contributed by atoms with E-state index in [0.717, 1.165) is 16.5 Å². The Hall–Kier alpha value is -3.22. The van der Waals surface area contributed by atoms with Crippen LogP contribution in [0.5, 0.6) is 0 Å². The van der Waals surface area contributed by atoms with Gasteiger partial charge in [-0.05, 0) is 54.8 Å². The lowest BCUT2D eigenvalue weighted by molar-refractivity contribution is -0.118. The third-order valence-electron chi connectivity index (χ3n) is 4.65. The summed E-state index contributed by atoms with van der Waals surface area (Å²) >= 11 is 0. The van der Waals surface area contributed by atoms with Crippen molar-refractivity contribution in [1.29, 1.82) is 0 Å². The SMILES string of the molecule is CC(C)CC1NC(=O)N(c2ccc3[nH]nc(-c4ccc(F)cc4)c3c2)C1=O. The molecule has 3 amide bonds. The van der Waals surface area contributed by atoms with Gasteiger partial charge >= 0.3 is 6.03 Å². The number of nitrogens with one attached hydrogen (secondary N) is 2. The molecule has 1 unspecified atom stereocenters. The molecule has 6 nitrogen and oxygen atoms in total. The number of H-pyrrole nitrogens is 1. The van der Waals surface area contributed by atoms with E-state index in [9.17, 15) is 14.0 Å². The standard InChI is InChI=1S/C20H19FN4O2/c1-11(2)9-17-19(26)25(20(27)22-17)14-7-8-16-15(10-14)18(24-23-16)12-3-5-13(21)6-4-12/h3-8,10-11,17H,9H2,1-2H3,(H,22,27)(H,23,24). The zero-order valence-electron chi connectivity index (χ0n) is 15.0. The maximum Gasteiger partial charge on any atom is 0.329 e. The molecule has 0 radical (unpaired) electrons. The Morgan fingerprint density at radius 1 is 1.15 bits per heavy atom. The molecule has 0 saturated carbocycles. The molecule has 0 spiro atoms. The molecule has 4 rings (SSSR count). The van der Waals surface area contributed by atoms with Crippen molar-refractivity contribution in [3.8, 4) is 11.3 Å². The summed E-state index contributed by atoms with van der Waals surface area (Å²) in [6.45, 7) is 4.02. The Morgan fingerprint density at radius 2 is 1.89 bits per heavy atom. The first-order chi connectivity index (χ1) is 12.9.